The normalized spacial score (nSPS) is 23.7. The maximum Gasteiger partial charge on any atom is 0.306 e. The number of piperidine rings is 1. The molecule has 1 saturated heterocycles. The van der Waals surface area contributed by atoms with Crippen molar-refractivity contribution in [3.05, 3.63) is 65.2 Å². The number of amidine groups is 1. The first kappa shape index (κ1) is 23.9. The van der Waals surface area contributed by atoms with Gasteiger partial charge in [-0.3, -0.25) is 15.0 Å². The van der Waals surface area contributed by atoms with Crippen molar-refractivity contribution in [3.8, 4) is 5.75 Å². The summed E-state index contributed by atoms with van der Waals surface area (Å²) < 4.78 is 0. The Morgan fingerprint density at radius 2 is 2.00 bits per heavy atom. The van der Waals surface area contributed by atoms with Crippen LogP contribution in [0.3, 0.4) is 0 Å². The number of Topliss-reactive ketones (excluding diaryl/α,β-unsaturated/α-hetero) is 1. The van der Waals surface area contributed by atoms with E-state index in [1.165, 1.54) is 0 Å². The molecule has 0 bridgehead atoms. The second kappa shape index (κ2) is 10.4. The molecule has 2 aliphatic heterocycles. The molecular formula is C26H32N4O4. The van der Waals surface area contributed by atoms with E-state index in [1.54, 1.807) is 18.2 Å². The van der Waals surface area contributed by atoms with Gasteiger partial charge in [0, 0.05) is 35.4 Å². The van der Waals surface area contributed by atoms with Crippen molar-refractivity contribution in [1.82, 2.24) is 10.8 Å². The van der Waals surface area contributed by atoms with E-state index in [-0.39, 0.29) is 29.4 Å². The quantitative estimate of drug-likeness (QED) is 0.299. The first-order chi connectivity index (χ1) is 16.4. The molecule has 8 nitrogen and oxygen atoms in total. The van der Waals surface area contributed by atoms with Crippen molar-refractivity contribution >= 4 is 17.6 Å². The van der Waals surface area contributed by atoms with E-state index in [0.29, 0.717) is 38.0 Å². The molecule has 0 aliphatic carbocycles. The topological polar surface area (TPSA) is 138 Å². The molecule has 8 heteroatoms. The number of nitrogens with one attached hydrogen (secondary N) is 3. The fourth-order valence-corrected chi connectivity index (χ4v) is 5.30. The molecule has 5 unspecified atom stereocenters. The lowest BCUT2D eigenvalue weighted by molar-refractivity contribution is -0.145. The van der Waals surface area contributed by atoms with Crippen molar-refractivity contribution in [2.75, 3.05) is 19.6 Å². The summed E-state index contributed by atoms with van der Waals surface area (Å²) in [5.74, 6) is -1.68. The second-order valence-corrected chi connectivity index (χ2v) is 9.31. The predicted octanol–water partition coefficient (Wildman–Crippen LogP) is 2.64. The zero-order valence-corrected chi connectivity index (χ0v) is 19.3. The Labute approximate surface area is 199 Å². The van der Waals surface area contributed by atoms with Crippen LogP contribution in [-0.4, -0.2) is 42.3 Å². The van der Waals surface area contributed by atoms with Gasteiger partial charge in [-0.1, -0.05) is 43.3 Å². The smallest absolute Gasteiger partial charge is 0.306 e. The minimum absolute atomic E-state index is 0.0546. The molecule has 180 valence electrons. The summed E-state index contributed by atoms with van der Waals surface area (Å²) in [7, 11) is 0. The molecule has 0 amide bonds. The van der Waals surface area contributed by atoms with Gasteiger partial charge in [-0.25, -0.2) is 0 Å². The molecule has 2 heterocycles. The fourth-order valence-electron chi connectivity index (χ4n) is 5.30. The SMILES string of the molecule is CC(C(=O)C(CC1CNCCC1C(=O)O)c1cccc(C(=N)N)c1)C1CNOc2ccccc21. The number of nitrogens with two attached hydrogens (primary N) is 1. The number of carboxylic acid groups (broad SMARTS) is 1. The zero-order chi connectivity index (χ0) is 24.2. The van der Waals surface area contributed by atoms with E-state index in [0.717, 1.165) is 16.9 Å². The first-order valence-electron chi connectivity index (χ1n) is 11.8. The van der Waals surface area contributed by atoms with Gasteiger partial charge >= 0.3 is 5.97 Å². The monoisotopic (exact) mass is 464 g/mol. The van der Waals surface area contributed by atoms with Crippen LogP contribution in [0.1, 0.15) is 48.3 Å². The molecule has 0 radical (unpaired) electrons. The second-order valence-electron chi connectivity index (χ2n) is 9.31. The van der Waals surface area contributed by atoms with Crippen molar-refractivity contribution in [2.24, 2.45) is 23.5 Å². The highest BCUT2D eigenvalue weighted by molar-refractivity contribution is 5.96. The number of carboxylic acids is 1. The van der Waals surface area contributed by atoms with Gasteiger partial charge in [0.05, 0.1) is 5.92 Å². The first-order valence-corrected chi connectivity index (χ1v) is 11.8. The van der Waals surface area contributed by atoms with Crippen molar-refractivity contribution in [2.45, 2.75) is 31.6 Å². The van der Waals surface area contributed by atoms with Crippen LogP contribution in [0, 0.1) is 23.2 Å². The van der Waals surface area contributed by atoms with E-state index < -0.39 is 17.8 Å². The van der Waals surface area contributed by atoms with Crippen LogP contribution in [0.15, 0.2) is 48.5 Å². The Morgan fingerprint density at radius 3 is 2.76 bits per heavy atom. The predicted molar refractivity (Wildman–Crippen MR) is 129 cm³/mol. The Bertz CT molecular complexity index is 1070. The summed E-state index contributed by atoms with van der Waals surface area (Å²) in [6.07, 6.45) is 0.966. The standard InChI is InChI=1S/C26H32N4O4/c1-15(22-14-30-34-23-8-3-2-7-20(22)23)24(31)21(16-5-4-6-17(11-16)25(27)28)12-18-13-29-10-9-19(18)26(32)33/h2-8,11,15,18-19,21-22,29-30H,9-10,12-14H2,1H3,(H3,27,28)(H,32,33). The van der Waals surface area contributed by atoms with Crippen molar-refractivity contribution in [1.29, 1.82) is 5.41 Å². The molecule has 2 aromatic rings. The molecular weight excluding hydrogens is 432 g/mol. The lowest BCUT2D eigenvalue weighted by atomic mass is 9.72. The van der Waals surface area contributed by atoms with Gasteiger partial charge in [0.15, 0.2) is 5.75 Å². The molecule has 4 rings (SSSR count). The number of para-hydroxylation sites is 1. The summed E-state index contributed by atoms with van der Waals surface area (Å²) in [6, 6.07) is 14.9. The number of carbonyl (C=O) groups is 2. The molecule has 5 atom stereocenters. The van der Waals surface area contributed by atoms with Gasteiger partial charge in [-0.15, -0.1) is 0 Å². The number of nitrogen functional groups attached to an aromatic ring is 1. The molecule has 1 fully saturated rings. The number of hydroxylamine groups is 1. The highest BCUT2D eigenvalue weighted by Crippen LogP contribution is 2.39. The largest absolute Gasteiger partial charge is 0.481 e. The van der Waals surface area contributed by atoms with Crippen molar-refractivity contribution < 1.29 is 19.5 Å². The van der Waals surface area contributed by atoms with E-state index in [1.807, 2.05) is 37.3 Å². The number of rotatable bonds is 8. The maximum atomic E-state index is 14.1. The molecule has 6 N–H and O–H groups in total. The number of carbonyl (C=O) groups excluding carboxylic acids is 1. The summed E-state index contributed by atoms with van der Waals surface area (Å²) in [6.45, 7) is 3.66. The van der Waals surface area contributed by atoms with Gasteiger partial charge < -0.3 is 21.0 Å². The molecule has 2 aromatic carbocycles. The highest BCUT2D eigenvalue weighted by Gasteiger charge is 2.39. The molecule has 0 saturated carbocycles. The van der Waals surface area contributed by atoms with E-state index in [2.05, 4.69) is 10.8 Å². The average molecular weight is 465 g/mol. The summed E-state index contributed by atoms with van der Waals surface area (Å²) >= 11 is 0. The van der Waals surface area contributed by atoms with Gasteiger partial charge in [0.25, 0.3) is 0 Å². The van der Waals surface area contributed by atoms with Crippen molar-refractivity contribution in [3.63, 3.8) is 0 Å². The molecule has 0 spiro atoms. The minimum atomic E-state index is -0.814. The third kappa shape index (κ3) is 4.98. The Kier molecular flexibility index (Phi) is 7.29. The third-order valence-electron chi connectivity index (χ3n) is 7.26. The number of hydrogen-bond donors (Lipinski definition) is 5. The maximum absolute atomic E-state index is 14.1. The number of benzene rings is 2. The van der Waals surface area contributed by atoms with Crippen LogP contribution in [0.5, 0.6) is 5.75 Å². The Hall–Kier alpha value is -3.23. The van der Waals surface area contributed by atoms with Gasteiger partial charge in [-0.05, 0) is 49.5 Å². The lowest BCUT2D eigenvalue weighted by Crippen LogP contribution is -2.42. The third-order valence-corrected chi connectivity index (χ3v) is 7.26. The summed E-state index contributed by atoms with van der Waals surface area (Å²) in [4.78, 5) is 31.6. The molecule has 2 aliphatic rings. The lowest BCUT2D eigenvalue weighted by Gasteiger charge is -2.35. The fraction of sp³-hybridized carbons (Fsp3) is 0.423. The van der Waals surface area contributed by atoms with E-state index >= 15 is 0 Å². The van der Waals surface area contributed by atoms with Crippen LogP contribution >= 0.6 is 0 Å². The summed E-state index contributed by atoms with van der Waals surface area (Å²) in [5.41, 5.74) is 11.0. The van der Waals surface area contributed by atoms with Gasteiger partial charge in [-0.2, -0.15) is 5.48 Å². The summed E-state index contributed by atoms with van der Waals surface area (Å²) in [5, 5.41) is 20.9. The van der Waals surface area contributed by atoms with Crippen LogP contribution in [0.2, 0.25) is 0 Å². The van der Waals surface area contributed by atoms with Gasteiger partial charge in [0.1, 0.15) is 11.6 Å². The van der Waals surface area contributed by atoms with Crippen LogP contribution in [0.4, 0.5) is 0 Å². The highest BCUT2D eigenvalue weighted by atomic mass is 16.6. The van der Waals surface area contributed by atoms with E-state index in [9.17, 15) is 14.7 Å². The molecule has 0 aromatic heterocycles. The van der Waals surface area contributed by atoms with E-state index in [4.69, 9.17) is 16.0 Å². The minimum Gasteiger partial charge on any atom is -0.481 e. The average Bonchev–Trinajstić information content (AvgIpc) is 2.86. The Balaban J connectivity index is 1.67. The number of ketones is 1. The van der Waals surface area contributed by atoms with Crippen LogP contribution in [0.25, 0.3) is 0 Å². The number of hydrogen-bond acceptors (Lipinski definition) is 6. The zero-order valence-electron chi connectivity index (χ0n) is 19.3. The number of aliphatic carboxylic acids is 1. The number of fused-ring (bicyclic) bond motifs is 1. The van der Waals surface area contributed by atoms with Crippen LogP contribution < -0.4 is 21.4 Å². The Morgan fingerprint density at radius 1 is 1.21 bits per heavy atom. The van der Waals surface area contributed by atoms with Gasteiger partial charge in [0.2, 0.25) is 0 Å². The van der Waals surface area contributed by atoms with Crippen LogP contribution in [-0.2, 0) is 9.59 Å². The molecule has 34 heavy (non-hydrogen) atoms.